The van der Waals surface area contributed by atoms with Gasteiger partial charge in [0.05, 0.1) is 0 Å². The van der Waals surface area contributed by atoms with Crippen molar-refractivity contribution in [3.63, 3.8) is 0 Å². The maximum absolute atomic E-state index is 12.3. The molecule has 1 aliphatic rings. The van der Waals surface area contributed by atoms with Crippen molar-refractivity contribution in [3.8, 4) is 0 Å². The number of carbonyl (C=O) groups excluding carboxylic acids is 1. The van der Waals surface area contributed by atoms with E-state index in [1.54, 1.807) is 6.26 Å². The first-order valence-corrected chi connectivity index (χ1v) is 8.08. The lowest BCUT2D eigenvalue weighted by Crippen LogP contribution is -2.35. The lowest BCUT2D eigenvalue weighted by atomic mass is 10.1. The average Bonchev–Trinajstić information content (AvgIpc) is 2.38. The van der Waals surface area contributed by atoms with Gasteiger partial charge in [0, 0.05) is 41.5 Å². The third kappa shape index (κ3) is 3.42. The van der Waals surface area contributed by atoms with Crippen molar-refractivity contribution in [2.75, 3.05) is 19.3 Å². The van der Waals surface area contributed by atoms with Crippen LogP contribution in [0.2, 0.25) is 0 Å². The van der Waals surface area contributed by atoms with Gasteiger partial charge in [0.15, 0.2) is 0 Å². The fraction of sp³-hybridized carbons (Fsp3) is 0.500. The van der Waals surface area contributed by atoms with Gasteiger partial charge in [-0.3, -0.25) is 9.00 Å². The molecule has 0 bridgehead atoms. The molecule has 1 aromatic carbocycles. The summed E-state index contributed by atoms with van der Waals surface area (Å²) in [6.07, 6.45) is 5.10. The number of rotatable bonds is 3. The van der Waals surface area contributed by atoms with E-state index in [2.05, 4.69) is 0 Å². The minimum atomic E-state index is -0.868. The van der Waals surface area contributed by atoms with Gasteiger partial charge < -0.3 is 4.90 Å². The minimum Gasteiger partial charge on any atom is -0.339 e. The second-order valence-corrected chi connectivity index (χ2v) is 6.21. The predicted octanol–water partition coefficient (Wildman–Crippen LogP) is 2.19. The van der Waals surface area contributed by atoms with Gasteiger partial charge in [0.1, 0.15) is 0 Å². The summed E-state index contributed by atoms with van der Waals surface area (Å²) < 4.78 is 11.2. The molecule has 1 fully saturated rings. The van der Waals surface area contributed by atoms with Crippen molar-refractivity contribution >= 4 is 16.7 Å². The Hall–Kier alpha value is -1.16. The van der Waals surface area contributed by atoms with Gasteiger partial charge >= 0.3 is 0 Å². The Kier molecular flexibility index (Phi) is 4.53. The molecule has 1 amide bonds. The largest absolute Gasteiger partial charge is 0.339 e. The highest BCUT2D eigenvalue weighted by Crippen LogP contribution is 2.14. The highest BCUT2D eigenvalue weighted by molar-refractivity contribution is 7.83. The summed E-state index contributed by atoms with van der Waals surface area (Å²) >= 11 is 0. The average molecular weight is 265 g/mol. The zero-order valence-corrected chi connectivity index (χ0v) is 11.5. The first-order chi connectivity index (χ1) is 8.66. The lowest BCUT2D eigenvalue weighted by molar-refractivity contribution is 0.0724. The Morgan fingerprint density at radius 3 is 2.67 bits per heavy atom. The molecule has 0 aliphatic carbocycles. The normalized spacial score (nSPS) is 17.5. The summed E-state index contributed by atoms with van der Waals surface area (Å²) in [6.45, 7) is 1.73. The molecule has 1 heterocycles. The molecule has 1 saturated heterocycles. The molecule has 3 nitrogen and oxygen atoms in total. The monoisotopic (exact) mass is 265 g/mol. The van der Waals surface area contributed by atoms with E-state index >= 15 is 0 Å². The van der Waals surface area contributed by atoms with Gasteiger partial charge in [-0.2, -0.15) is 0 Å². The number of hydrogen-bond donors (Lipinski definition) is 0. The van der Waals surface area contributed by atoms with E-state index in [-0.39, 0.29) is 5.91 Å². The maximum atomic E-state index is 12.3. The van der Waals surface area contributed by atoms with Crippen molar-refractivity contribution in [2.45, 2.75) is 25.0 Å². The van der Waals surface area contributed by atoms with Gasteiger partial charge in [0.2, 0.25) is 0 Å². The second kappa shape index (κ2) is 6.14. The van der Waals surface area contributed by atoms with Crippen LogP contribution in [-0.4, -0.2) is 34.4 Å². The van der Waals surface area contributed by atoms with Crippen LogP contribution in [-0.2, 0) is 16.6 Å². The molecular weight excluding hydrogens is 246 g/mol. The summed E-state index contributed by atoms with van der Waals surface area (Å²) in [5.41, 5.74) is 1.69. The number of carbonyl (C=O) groups is 1. The van der Waals surface area contributed by atoms with Gasteiger partial charge in [0.25, 0.3) is 5.91 Å². The van der Waals surface area contributed by atoms with Crippen LogP contribution in [0.1, 0.15) is 35.2 Å². The van der Waals surface area contributed by atoms with Crippen molar-refractivity contribution < 1.29 is 9.00 Å². The number of likely N-dealkylation sites (tertiary alicyclic amines) is 1. The molecular formula is C14H19NO2S. The third-order valence-electron chi connectivity index (χ3n) is 3.19. The Balaban J connectivity index is 2.11. The number of benzene rings is 1. The highest BCUT2D eigenvalue weighted by atomic mass is 32.2. The number of nitrogens with zero attached hydrogens (tertiary/aromatic N) is 1. The van der Waals surface area contributed by atoms with Crippen LogP contribution in [0.15, 0.2) is 24.3 Å². The van der Waals surface area contributed by atoms with Crippen LogP contribution in [0.4, 0.5) is 0 Å². The van der Waals surface area contributed by atoms with E-state index in [1.165, 1.54) is 6.42 Å². The van der Waals surface area contributed by atoms with Gasteiger partial charge in [-0.1, -0.05) is 12.1 Å². The number of piperidine rings is 1. The molecule has 1 unspecified atom stereocenters. The Morgan fingerprint density at radius 2 is 2.00 bits per heavy atom. The molecule has 2 rings (SSSR count). The Morgan fingerprint density at radius 1 is 1.28 bits per heavy atom. The molecule has 98 valence electrons. The van der Waals surface area contributed by atoms with Crippen LogP contribution in [0, 0.1) is 0 Å². The second-order valence-electron chi connectivity index (χ2n) is 4.77. The first-order valence-electron chi connectivity index (χ1n) is 6.35. The van der Waals surface area contributed by atoms with E-state index in [0.717, 1.165) is 37.1 Å². The zero-order valence-electron chi connectivity index (χ0n) is 10.7. The van der Waals surface area contributed by atoms with E-state index in [1.807, 2.05) is 29.2 Å². The van der Waals surface area contributed by atoms with Crippen LogP contribution in [0.25, 0.3) is 0 Å². The summed E-state index contributed by atoms with van der Waals surface area (Å²) in [7, 11) is -0.868. The van der Waals surface area contributed by atoms with E-state index < -0.39 is 10.8 Å². The smallest absolute Gasteiger partial charge is 0.253 e. The van der Waals surface area contributed by atoms with E-state index in [4.69, 9.17) is 0 Å². The van der Waals surface area contributed by atoms with Crippen molar-refractivity contribution in [1.29, 1.82) is 0 Å². The van der Waals surface area contributed by atoms with Gasteiger partial charge in [-0.15, -0.1) is 0 Å². The van der Waals surface area contributed by atoms with Crippen LogP contribution in [0.5, 0.6) is 0 Å². The van der Waals surface area contributed by atoms with Crippen molar-refractivity contribution in [3.05, 3.63) is 35.4 Å². The lowest BCUT2D eigenvalue weighted by Gasteiger charge is -2.26. The molecule has 0 saturated carbocycles. The fourth-order valence-corrected chi connectivity index (χ4v) is 2.96. The van der Waals surface area contributed by atoms with Crippen LogP contribution >= 0.6 is 0 Å². The van der Waals surface area contributed by atoms with Gasteiger partial charge in [-0.25, -0.2) is 0 Å². The molecule has 0 spiro atoms. The van der Waals surface area contributed by atoms with E-state index in [0.29, 0.717) is 5.75 Å². The summed E-state index contributed by atoms with van der Waals surface area (Å²) in [5, 5.41) is 0. The molecule has 1 aliphatic heterocycles. The van der Waals surface area contributed by atoms with E-state index in [9.17, 15) is 9.00 Å². The standard InChI is InChI=1S/C14H19NO2S/c1-18(17)11-12-6-5-7-13(10-12)14(16)15-8-3-2-4-9-15/h5-7,10H,2-4,8-9,11H2,1H3. The summed E-state index contributed by atoms with van der Waals surface area (Å²) in [4.78, 5) is 14.2. The molecule has 18 heavy (non-hydrogen) atoms. The Bertz CT molecular complexity index is 453. The van der Waals surface area contributed by atoms with Crippen molar-refractivity contribution in [1.82, 2.24) is 4.90 Å². The third-order valence-corrected chi connectivity index (χ3v) is 3.93. The van der Waals surface area contributed by atoms with Crippen molar-refractivity contribution in [2.24, 2.45) is 0 Å². The summed E-state index contributed by atoms with van der Waals surface area (Å²) in [6, 6.07) is 7.52. The molecule has 0 radical (unpaired) electrons. The van der Waals surface area contributed by atoms with Crippen LogP contribution < -0.4 is 0 Å². The van der Waals surface area contributed by atoms with Gasteiger partial charge in [-0.05, 0) is 37.0 Å². The predicted molar refractivity (Wildman–Crippen MR) is 74.0 cm³/mol. The summed E-state index contributed by atoms with van der Waals surface area (Å²) in [5.74, 6) is 0.625. The minimum absolute atomic E-state index is 0.110. The number of amides is 1. The first kappa shape index (κ1) is 13.3. The molecule has 0 aromatic heterocycles. The topological polar surface area (TPSA) is 37.4 Å². The SMILES string of the molecule is CS(=O)Cc1cccc(C(=O)N2CCCCC2)c1. The highest BCUT2D eigenvalue weighted by Gasteiger charge is 2.18. The fourth-order valence-electron chi connectivity index (χ4n) is 2.31. The molecule has 1 atom stereocenters. The molecule has 0 N–H and O–H groups in total. The number of hydrogen-bond acceptors (Lipinski definition) is 2. The zero-order chi connectivity index (χ0) is 13.0. The molecule has 4 heteroatoms. The molecule has 1 aromatic rings. The van der Waals surface area contributed by atoms with Crippen LogP contribution in [0.3, 0.4) is 0 Å². The Labute approximate surface area is 111 Å². The maximum Gasteiger partial charge on any atom is 0.253 e. The quantitative estimate of drug-likeness (QED) is 0.840.